The molecule has 0 radical (unpaired) electrons. The van der Waals surface area contributed by atoms with Gasteiger partial charge in [-0.2, -0.15) is 0 Å². The van der Waals surface area contributed by atoms with Crippen LogP contribution < -0.4 is 5.56 Å². The second-order valence-electron chi connectivity index (χ2n) is 3.84. The fraction of sp³-hybridized carbons (Fsp3) is 0.0769. The lowest BCUT2D eigenvalue weighted by molar-refractivity contribution is 0.0971. The molecule has 0 saturated carbocycles. The third-order valence-electron chi connectivity index (χ3n) is 2.52. The number of ketones is 1. The first-order valence-corrected chi connectivity index (χ1v) is 6.87. The summed E-state index contributed by atoms with van der Waals surface area (Å²) in [4.78, 5) is 23.9. The molecule has 0 unspecified atom stereocenters. The molecule has 0 fully saturated rings. The average Bonchev–Trinajstić information content (AvgIpc) is 2.38. The van der Waals surface area contributed by atoms with Gasteiger partial charge in [0.05, 0.1) is 16.0 Å². The minimum atomic E-state index is -0.271. The molecule has 0 spiro atoms. The molecule has 2 aromatic rings. The van der Waals surface area contributed by atoms with Crippen molar-refractivity contribution in [3.8, 4) is 0 Å². The van der Waals surface area contributed by atoms with E-state index in [1.54, 1.807) is 30.5 Å². The molecule has 0 aliphatic heterocycles. The molecule has 19 heavy (non-hydrogen) atoms. The summed E-state index contributed by atoms with van der Waals surface area (Å²) in [5, 5.41) is 0.742. The van der Waals surface area contributed by atoms with Crippen LogP contribution in [0.3, 0.4) is 0 Å². The predicted molar refractivity (Wildman–Crippen MR) is 79.2 cm³/mol. The molecule has 2 rings (SSSR count). The van der Waals surface area contributed by atoms with Gasteiger partial charge >= 0.3 is 0 Å². The Morgan fingerprint density at radius 2 is 2.00 bits per heavy atom. The first-order valence-electron chi connectivity index (χ1n) is 5.32. The fourth-order valence-corrected chi connectivity index (χ4v) is 2.36. The first-order chi connectivity index (χ1) is 8.99. The molecule has 0 saturated heterocycles. The summed E-state index contributed by atoms with van der Waals surface area (Å²) < 4.78 is 1.71. The smallest absolute Gasteiger partial charge is 0.265 e. The maximum atomic E-state index is 12.1. The van der Waals surface area contributed by atoms with E-state index in [0.29, 0.717) is 20.1 Å². The van der Waals surface area contributed by atoms with Crippen LogP contribution in [0.1, 0.15) is 10.4 Å². The number of benzene rings is 1. The van der Waals surface area contributed by atoms with Gasteiger partial charge in [-0.05, 0) is 46.3 Å². The summed E-state index contributed by atoms with van der Waals surface area (Å²) in [7, 11) is 0. The molecule has 0 bridgehead atoms. The highest BCUT2D eigenvalue weighted by Gasteiger charge is 2.13. The number of nitrogens with zero attached hydrogens (tertiary/aromatic N) is 1. The van der Waals surface area contributed by atoms with Crippen LogP contribution in [-0.2, 0) is 6.54 Å². The quantitative estimate of drug-likeness (QED) is 0.781. The van der Waals surface area contributed by atoms with Crippen molar-refractivity contribution in [2.75, 3.05) is 0 Å². The Bertz CT molecular complexity index is 697. The normalized spacial score (nSPS) is 10.5. The Morgan fingerprint density at radius 3 is 2.74 bits per heavy atom. The van der Waals surface area contributed by atoms with Crippen molar-refractivity contribution in [1.82, 2.24) is 4.57 Å². The molecule has 1 aromatic heterocycles. The topological polar surface area (TPSA) is 39.1 Å². The second-order valence-corrected chi connectivity index (χ2v) is 5.53. The van der Waals surface area contributed by atoms with Crippen LogP contribution in [0.5, 0.6) is 0 Å². The van der Waals surface area contributed by atoms with Crippen molar-refractivity contribution >= 4 is 44.9 Å². The predicted octanol–water partition coefficient (Wildman–Crippen LogP) is 3.80. The van der Waals surface area contributed by atoms with Gasteiger partial charge in [0, 0.05) is 16.8 Å². The van der Waals surface area contributed by atoms with E-state index in [-0.39, 0.29) is 17.9 Å². The molecule has 98 valence electrons. The highest BCUT2D eigenvalue weighted by atomic mass is 79.9. The van der Waals surface area contributed by atoms with E-state index < -0.39 is 0 Å². The minimum absolute atomic E-state index is 0.0850. The standard InChI is InChI=1S/C13H8BrCl2NO2/c14-10-2-1-5-17(13(10)19)7-12(18)9-6-8(15)3-4-11(9)16/h1-6H,7H2. The molecular weight excluding hydrogens is 353 g/mol. The summed E-state index contributed by atoms with van der Waals surface area (Å²) in [6.45, 7) is -0.0850. The van der Waals surface area contributed by atoms with Gasteiger partial charge in [0.25, 0.3) is 5.56 Å². The number of hydrogen-bond donors (Lipinski definition) is 0. The Hall–Kier alpha value is -1.10. The highest BCUT2D eigenvalue weighted by Crippen LogP contribution is 2.21. The molecule has 3 nitrogen and oxygen atoms in total. The van der Waals surface area contributed by atoms with Crippen LogP contribution in [0.4, 0.5) is 0 Å². The first kappa shape index (κ1) is 14.3. The summed E-state index contributed by atoms with van der Waals surface area (Å²) in [5.74, 6) is -0.271. The zero-order chi connectivity index (χ0) is 14.0. The van der Waals surface area contributed by atoms with Crippen molar-refractivity contribution in [3.05, 3.63) is 67.0 Å². The molecule has 0 aliphatic carbocycles. The van der Waals surface area contributed by atoms with E-state index in [9.17, 15) is 9.59 Å². The molecule has 0 amide bonds. The van der Waals surface area contributed by atoms with Gasteiger partial charge < -0.3 is 4.57 Å². The van der Waals surface area contributed by atoms with E-state index in [0.717, 1.165) is 0 Å². The third kappa shape index (κ3) is 3.26. The number of hydrogen-bond acceptors (Lipinski definition) is 2. The zero-order valence-electron chi connectivity index (χ0n) is 9.57. The maximum absolute atomic E-state index is 12.1. The number of halogens is 3. The number of carbonyl (C=O) groups is 1. The van der Waals surface area contributed by atoms with Gasteiger partial charge in [-0.3, -0.25) is 9.59 Å². The van der Waals surface area contributed by atoms with Gasteiger partial charge in [-0.25, -0.2) is 0 Å². The lowest BCUT2D eigenvalue weighted by Gasteiger charge is -2.07. The second kappa shape index (κ2) is 5.90. The average molecular weight is 361 g/mol. The van der Waals surface area contributed by atoms with Crippen molar-refractivity contribution < 1.29 is 4.79 Å². The zero-order valence-corrected chi connectivity index (χ0v) is 12.7. The maximum Gasteiger partial charge on any atom is 0.265 e. The largest absolute Gasteiger partial charge is 0.307 e. The van der Waals surface area contributed by atoms with Crippen LogP contribution in [-0.4, -0.2) is 10.4 Å². The van der Waals surface area contributed by atoms with Gasteiger partial charge in [0.2, 0.25) is 0 Å². The van der Waals surface area contributed by atoms with Crippen LogP contribution in [0.15, 0.2) is 45.8 Å². The molecular formula is C13H8BrCl2NO2. The number of carbonyl (C=O) groups excluding carboxylic acids is 1. The molecule has 0 atom stereocenters. The van der Waals surface area contributed by atoms with E-state index >= 15 is 0 Å². The van der Waals surface area contributed by atoms with Crippen molar-refractivity contribution in [3.63, 3.8) is 0 Å². The van der Waals surface area contributed by atoms with Gasteiger partial charge in [0.15, 0.2) is 5.78 Å². The molecule has 6 heteroatoms. The van der Waals surface area contributed by atoms with Crippen molar-refractivity contribution in [1.29, 1.82) is 0 Å². The van der Waals surface area contributed by atoms with E-state index in [4.69, 9.17) is 23.2 Å². The summed E-state index contributed by atoms with van der Waals surface area (Å²) in [5.41, 5.74) is 0.0371. The molecule has 0 aliphatic rings. The lowest BCUT2D eigenvalue weighted by atomic mass is 10.1. The van der Waals surface area contributed by atoms with Crippen molar-refractivity contribution in [2.45, 2.75) is 6.54 Å². The van der Waals surface area contributed by atoms with E-state index in [2.05, 4.69) is 15.9 Å². The van der Waals surface area contributed by atoms with Crippen LogP contribution in [0.25, 0.3) is 0 Å². The molecule has 0 N–H and O–H groups in total. The number of rotatable bonds is 3. The van der Waals surface area contributed by atoms with E-state index in [1.165, 1.54) is 10.6 Å². The third-order valence-corrected chi connectivity index (χ3v) is 3.68. The Balaban J connectivity index is 2.33. The number of aromatic nitrogens is 1. The molecule has 1 aromatic carbocycles. The van der Waals surface area contributed by atoms with Crippen LogP contribution in [0.2, 0.25) is 10.0 Å². The van der Waals surface area contributed by atoms with Crippen molar-refractivity contribution in [2.24, 2.45) is 0 Å². The summed E-state index contributed by atoms with van der Waals surface area (Å²) in [6.07, 6.45) is 1.55. The van der Waals surface area contributed by atoms with Crippen LogP contribution in [0, 0.1) is 0 Å². The fourth-order valence-electron chi connectivity index (χ4n) is 1.58. The van der Waals surface area contributed by atoms with Gasteiger partial charge in [-0.15, -0.1) is 0 Å². The highest BCUT2D eigenvalue weighted by molar-refractivity contribution is 9.10. The minimum Gasteiger partial charge on any atom is -0.307 e. The lowest BCUT2D eigenvalue weighted by Crippen LogP contribution is -2.24. The Kier molecular flexibility index (Phi) is 4.45. The Labute approximate surface area is 127 Å². The van der Waals surface area contributed by atoms with Gasteiger partial charge in [-0.1, -0.05) is 23.2 Å². The monoisotopic (exact) mass is 359 g/mol. The van der Waals surface area contributed by atoms with Crippen LogP contribution >= 0.6 is 39.1 Å². The Morgan fingerprint density at radius 1 is 1.26 bits per heavy atom. The summed E-state index contributed by atoms with van der Waals surface area (Å²) in [6, 6.07) is 7.95. The van der Waals surface area contributed by atoms with Gasteiger partial charge in [0.1, 0.15) is 0 Å². The summed E-state index contributed by atoms with van der Waals surface area (Å²) >= 11 is 14.9. The molecule has 1 heterocycles. The van der Waals surface area contributed by atoms with E-state index in [1.807, 2.05) is 0 Å². The number of pyridine rings is 1. The SMILES string of the molecule is O=C(Cn1cccc(Br)c1=O)c1cc(Cl)ccc1Cl. The number of Topliss-reactive ketones (excluding diaryl/α,β-unsaturated/α-hetero) is 1.